The number of fused-ring (bicyclic) bond motifs is 1. The maximum absolute atomic E-state index is 12.0. The Hall–Kier alpha value is -0.540. The standard InChI is InChI=1S/C11H14ClNOS/c1-7(2)8-4-5-10-9(11(8)12)6-13-15(10,3)14/h4-5,7H,6H2,1-3H3. The molecule has 0 saturated heterocycles. The van der Waals surface area contributed by atoms with Crippen LogP contribution < -0.4 is 0 Å². The van der Waals surface area contributed by atoms with Crippen molar-refractivity contribution in [3.8, 4) is 0 Å². The van der Waals surface area contributed by atoms with Gasteiger partial charge in [-0.25, -0.2) is 8.57 Å². The van der Waals surface area contributed by atoms with Gasteiger partial charge in [-0.15, -0.1) is 0 Å². The van der Waals surface area contributed by atoms with Gasteiger partial charge in [0.1, 0.15) is 0 Å². The minimum absolute atomic E-state index is 0.385. The molecule has 1 atom stereocenters. The highest BCUT2D eigenvalue weighted by atomic mass is 35.5. The predicted octanol–water partition coefficient (Wildman–Crippen LogP) is 3.43. The van der Waals surface area contributed by atoms with Crippen molar-refractivity contribution in [2.75, 3.05) is 6.26 Å². The number of nitrogens with zero attached hydrogens (tertiary/aromatic N) is 1. The summed E-state index contributed by atoms with van der Waals surface area (Å²) in [6.07, 6.45) is 1.67. The summed E-state index contributed by atoms with van der Waals surface area (Å²) >= 11 is 6.29. The summed E-state index contributed by atoms with van der Waals surface area (Å²) in [4.78, 5) is 0.817. The molecule has 1 aromatic carbocycles. The quantitative estimate of drug-likeness (QED) is 0.743. The highest BCUT2D eigenvalue weighted by Crippen LogP contribution is 2.36. The van der Waals surface area contributed by atoms with Crippen LogP contribution in [0.5, 0.6) is 0 Å². The smallest absolute Gasteiger partial charge is 0.0764 e. The van der Waals surface area contributed by atoms with Crippen molar-refractivity contribution in [2.24, 2.45) is 4.36 Å². The van der Waals surface area contributed by atoms with Gasteiger partial charge in [-0.2, -0.15) is 0 Å². The number of halogens is 1. The third-order valence-corrected chi connectivity index (χ3v) is 5.00. The minimum Gasteiger partial charge on any atom is -0.245 e. The van der Waals surface area contributed by atoms with Gasteiger partial charge in [-0.1, -0.05) is 31.5 Å². The van der Waals surface area contributed by atoms with Crippen molar-refractivity contribution in [3.63, 3.8) is 0 Å². The first-order valence-electron chi connectivity index (χ1n) is 4.92. The second-order valence-electron chi connectivity index (χ2n) is 4.19. The van der Waals surface area contributed by atoms with Gasteiger partial charge >= 0.3 is 0 Å². The van der Waals surface area contributed by atoms with Crippen LogP contribution in [-0.2, 0) is 16.3 Å². The van der Waals surface area contributed by atoms with Crippen LogP contribution in [0, 0.1) is 0 Å². The average Bonchev–Trinajstić information content (AvgIpc) is 2.43. The maximum atomic E-state index is 12.0. The van der Waals surface area contributed by atoms with Crippen LogP contribution >= 0.6 is 11.6 Å². The van der Waals surface area contributed by atoms with Crippen molar-refractivity contribution >= 4 is 21.3 Å². The summed E-state index contributed by atoms with van der Waals surface area (Å²) in [7, 11) is -2.18. The highest BCUT2D eigenvalue weighted by Gasteiger charge is 2.23. The Labute approximate surface area is 95.8 Å². The van der Waals surface area contributed by atoms with E-state index in [-0.39, 0.29) is 0 Å². The first kappa shape index (κ1) is 11.0. The Morgan fingerprint density at radius 2 is 2.13 bits per heavy atom. The van der Waals surface area contributed by atoms with Crippen LogP contribution in [-0.4, -0.2) is 10.5 Å². The summed E-state index contributed by atoms with van der Waals surface area (Å²) in [6, 6.07) is 3.88. The van der Waals surface area contributed by atoms with E-state index in [1.54, 1.807) is 6.26 Å². The van der Waals surface area contributed by atoms with Crippen molar-refractivity contribution in [1.29, 1.82) is 0 Å². The van der Waals surface area contributed by atoms with E-state index in [9.17, 15) is 4.21 Å². The Morgan fingerprint density at radius 3 is 2.73 bits per heavy atom. The normalized spacial score (nSPS) is 24.1. The number of rotatable bonds is 1. The molecule has 0 spiro atoms. The number of benzene rings is 1. The van der Waals surface area contributed by atoms with Crippen LogP contribution in [0.15, 0.2) is 21.4 Å². The second-order valence-corrected chi connectivity index (χ2v) is 6.87. The zero-order valence-corrected chi connectivity index (χ0v) is 10.7. The van der Waals surface area contributed by atoms with Gasteiger partial charge in [0.2, 0.25) is 0 Å². The van der Waals surface area contributed by atoms with Crippen molar-refractivity contribution in [2.45, 2.75) is 31.2 Å². The van der Waals surface area contributed by atoms with Crippen molar-refractivity contribution in [1.82, 2.24) is 0 Å². The molecule has 0 radical (unpaired) electrons. The molecule has 0 bridgehead atoms. The first-order chi connectivity index (χ1) is 6.93. The largest absolute Gasteiger partial charge is 0.245 e. The van der Waals surface area contributed by atoms with Crippen LogP contribution in [0.25, 0.3) is 0 Å². The molecular weight excluding hydrogens is 230 g/mol. The average molecular weight is 244 g/mol. The van der Waals surface area contributed by atoms with Crippen LogP contribution in [0.3, 0.4) is 0 Å². The van der Waals surface area contributed by atoms with Gasteiger partial charge in [0.15, 0.2) is 0 Å². The molecule has 1 aromatic rings. The molecule has 82 valence electrons. The lowest BCUT2D eigenvalue weighted by atomic mass is 10.0. The predicted molar refractivity (Wildman–Crippen MR) is 64.0 cm³/mol. The van der Waals surface area contributed by atoms with E-state index in [2.05, 4.69) is 18.2 Å². The summed E-state index contributed by atoms with van der Waals surface area (Å²) in [5.41, 5.74) is 2.07. The molecule has 0 saturated carbocycles. The lowest BCUT2D eigenvalue weighted by molar-refractivity contribution is 0.681. The molecule has 1 unspecified atom stereocenters. The molecule has 1 aliphatic rings. The SMILES string of the molecule is CC(C)c1ccc2c(c1Cl)CN=S2(C)=O. The van der Waals surface area contributed by atoms with Crippen LogP contribution in [0.2, 0.25) is 5.02 Å². The molecule has 0 fully saturated rings. The third kappa shape index (κ3) is 1.68. The van der Waals surface area contributed by atoms with E-state index >= 15 is 0 Å². The third-order valence-electron chi connectivity index (χ3n) is 2.73. The van der Waals surface area contributed by atoms with Crippen molar-refractivity contribution in [3.05, 3.63) is 28.3 Å². The molecule has 1 heterocycles. The summed E-state index contributed by atoms with van der Waals surface area (Å²) in [5.74, 6) is 0.385. The van der Waals surface area contributed by atoms with Gasteiger partial charge in [0.25, 0.3) is 0 Å². The molecular formula is C11H14ClNOS. The molecule has 0 N–H and O–H groups in total. The second kappa shape index (κ2) is 3.49. The fourth-order valence-electron chi connectivity index (χ4n) is 1.83. The molecule has 4 heteroatoms. The van der Waals surface area contributed by atoms with E-state index in [1.165, 1.54) is 0 Å². The summed E-state index contributed by atoms with van der Waals surface area (Å²) < 4.78 is 16.2. The lowest BCUT2D eigenvalue weighted by Crippen LogP contribution is -1.98. The van der Waals surface area contributed by atoms with Gasteiger partial charge in [-0.3, -0.25) is 0 Å². The fourth-order valence-corrected chi connectivity index (χ4v) is 3.78. The molecule has 1 aliphatic heterocycles. The van der Waals surface area contributed by atoms with Crippen LogP contribution in [0.1, 0.15) is 30.9 Å². The van der Waals surface area contributed by atoms with E-state index in [1.807, 2.05) is 12.1 Å². The van der Waals surface area contributed by atoms with Gasteiger partial charge < -0.3 is 0 Å². The minimum atomic E-state index is -2.18. The lowest BCUT2D eigenvalue weighted by Gasteiger charge is -2.11. The summed E-state index contributed by atoms with van der Waals surface area (Å²) in [6.45, 7) is 4.69. The Morgan fingerprint density at radius 1 is 1.47 bits per heavy atom. The monoisotopic (exact) mass is 243 g/mol. The summed E-state index contributed by atoms with van der Waals surface area (Å²) in [5, 5.41) is 0.748. The molecule has 0 aliphatic carbocycles. The Kier molecular flexibility index (Phi) is 2.55. The number of hydrogen-bond acceptors (Lipinski definition) is 2. The molecule has 2 rings (SSSR count). The molecule has 15 heavy (non-hydrogen) atoms. The fraction of sp³-hybridized carbons (Fsp3) is 0.455. The Balaban J connectivity index is 2.66. The Bertz CT molecular complexity index is 528. The first-order valence-corrected chi connectivity index (χ1v) is 7.23. The van der Waals surface area contributed by atoms with E-state index in [0.29, 0.717) is 12.5 Å². The number of hydrogen-bond donors (Lipinski definition) is 0. The molecule has 2 nitrogen and oxygen atoms in total. The van der Waals surface area contributed by atoms with E-state index in [0.717, 1.165) is 21.0 Å². The van der Waals surface area contributed by atoms with Gasteiger partial charge in [-0.05, 0) is 17.5 Å². The highest BCUT2D eigenvalue weighted by molar-refractivity contribution is 7.93. The maximum Gasteiger partial charge on any atom is 0.0764 e. The molecule has 0 aromatic heterocycles. The zero-order valence-electron chi connectivity index (χ0n) is 9.08. The van der Waals surface area contributed by atoms with E-state index < -0.39 is 9.73 Å². The van der Waals surface area contributed by atoms with Gasteiger partial charge in [0.05, 0.1) is 26.2 Å². The van der Waals surface area contributed by atoms with E-state index in [4.69, 9.17) is 11.6 Å². The van der Waals surface area contributed by atoms with Crippen molar-refractivity contribution < 1.29 is 4.21 Å². The topological polar surface area (TPSA) is 29.4 Å². The zero-order chi connectivity index (χ0) is 11.2. The van der Waals surface area contributed by atoms with Crippen LogP contribution in [0.4, 0.5) is 0 Å². The van der Waals surface area contributed by atoms with Gasteiger partial charge in [0, 0.05) is 11.8 Å². The molecule has 0 amide bonds.